The van der Waals surface area contributed by atoms with Gasteiger partial charge in [-0.15, -0.1) is 0 Å². The molecule has 1 aromatic heterocycles. The molecule has 0 bridgehead atoms. The van der Waals surface area contributed by atoms with Crippen molar-refractivity contribution in [1.29, 1.82) is 0 Å². The van der Waals surface area contributed by atoms with Crippen LogP contribution in [0.3, 0.4) is 0 Å². The van der Waals surface area contributed by atoms with Crippen LogP contribution in [0, 0.1) is 5.92 Å². The summed E-state index contributed by atoms with van der Waals surface area (Å²) in [5, 5.41) is 20.0. The summed E-state index contributed by atoms with van der Waals surface area (Å²) in [7, 11) is -3.91. The molecule has 7 heteroatoms. The Morgan fingerprint density at radius 1 is 1.20 bits per heavy atom. The topological polar surface area (TPSA) is 98.2 Å². The van der Waals surface area contributed by atoms with E-state index in [0.717, 1.165) is 41.9 Å². The summed E-state index contributed by atoms with van der Waals surface area (Å²) in [5.41, 5.74) is 4.18. The van der Waals surface area contributed by atoms with Gasteiger partial charge in [0.2, 0.25) is 10.0 Å². The van der Waals surface area contributed by atoms with E-state index in [1.165, 1.54) is 25.3 Å². The first-order valence-corrected chi connectivity index (χ1v) is 12.2. The van der Waals surface area contributed by atoms with Crippen molar-refractivity contribution >= 4 is 15.6 Å². The third-order valence-electron chi connectivity index (χ3n) is 6.08. The van der Waals surface area contributed by atoms with Crippen LogP contribution < -0.4 is 5.14 Å². The maximum absolute atomic E-state index is 11.8. The van der Waals surface area contributed by atoms with Crippen LogP contribution in [0.1, 0.15) is 68.3 Å². The van der Waals surface area contributed by atoms with Crippen molar-refractivity contribution in [1.82, 2.24) is 9.78 Å². The highest BCUT2D eigenvalue weighted by atomic mass is 32.2. The van der Waals surface area contributed by atoms with Crippen molar-refractivity contribution in [3.63, 3.8) is 0 Å². The molecule has 1 fully saturated rings. The van der Waals surface area contributed by atoms with Gasteiger partial charge in [-0.2, -0.15) is 5.10 Å². The maximum Gasteiger partial charge on any atom is 0.238 e. The summed E-state index contributed by atoms with van der Waals surface area (Å²) in [6.45, 7) is 1.78. The summed E-state index contributed by atoms with van der Waals surface area (Å²) >= 11 is 0. The highest BCUT2D eigenvalue weighted by Gasteiger charge is 2.23. The van der Waals surface area contributed by atoms with Crippen molar-refractivity contribution in [2.45, 2.75) is 62.9 Å². The lowest BCUT2D eigenvalue weighted by molar-refractivity contribution is 0.278. The molecular weight excluding hydrogens is 398 g/mol. The quantitative estimate of drug-likeness (QED) is 0.752. The highest BCUT2D eigenvalue weighted by molar-refractivity contribution is 7.89. The fourth-order valence-electron chi connectivity index (χ4n) is 4.51. The molecule has 2 aromatic rings. The SMILES string of the molecule is C[C@H]1C=C(c2cc(C3CCCCC3)nn2-c2ccc(S(N)(=O)=O)c(CO)c2)C=CC1. The third kappa shape index (κ3) is 4.29. The first-order chi connectivity index (χ1) is 14.4. The normalized spacial score (nSPS) is 20.4. The summed E-state index contributed by atoms with van der Waals surface area (Å²) in [5.74, 6) is 0.898. The lowest BCUT2D eigenvalue weighted by atomic mass is 9.86. The van der Waals surface area contributed by atoms with Crippen molar-refractivity contribution in [3.05, 3.63) is 59.4 Å². The van der Waals surface area contributed by atoms with Gasteiger partial charge >= 0.3 is 0 Å². The Hall–Kier alpha value is -2.22. The van der Waals surface area contributed by atoms with Crippen LogP contribution in [0.2, 0.25) is 0 Å². The Balaban J connectivity index is 1.83. The first-order valence-electron chi connectivity index (χ1n) is 10.6. The molecule has 0 radical (unpaired) electrons. The van der Waals surface area contributed by atoms with Crippen molar-refractivity contribution in [2.24, 2.45) is 11.1 Å². The predicted molar refractivity (Wildman–Crippen MR) is 118 cm³/mol. The van der Waals surface area contributed by atoms with Crippen LogP contribution in [0.5, 0.6) is 0 Å². The van der Waals surface area contributed by atoms with E-state index in [2.05, 4.69) is 31.2 Å². The van der Waals surface area contributed by atoms with Crippen LogP contribution in [-0.4, -0.2) is 23.3 Å². The summed E-state index contributed by atoms with van der Waals surface area (Å²) in [6.07, 6.45) is 13.6. The van der Waals surface area contributed by atoms with E-state index in [4.69, 9.17) is 10.2 Å². The fraction of sp³-hybridized carbons (Fsp3) is 0.435. The van der Waals surface area contributed by atoms with Crippen LogP contribution in [0.25, 0.3) is 11.3 Å². The number of nitrogens with zero attached hydrogens (tertiary/aromatic N) is 2. The van der Waals surface area contributed by atoms with E-state index < -0.39 is 16.6 Å². The Morgan fingerprint density at radius 2 is 1.97 bits per heavy atom. The van der Waals surface area contributed by atoms with Crippen LogP contribution >= 0.6 is 0 Å². The predicted octanol–water partition coefficient (Wildman–Crippen LogP) is 4.04. The Kier molecular flexibility index (Phi) is 5.95. The molecule has 30 heavy (non-hydrogen) atoms. The molecule has 2 aliphatic rings. The van der Waals surface area contributed by atoms with Gasteiger partial charge in [0.25, 0.3) is 0 Å². The number of aromatic nitrogens is 2. The minimum absolute atomic E-state index is 0.0552. The summed E-state index contributed by atoms with van der Waals surface area (Å²) in [6, 6.07) is 7.00. The number of aliphatic hydroxyl groups is 1. The average molecular weight is 428 g/mol. The zero-order valence-electron chi connectivity index (χ0n) is 17.3. The molecule has 0 spiro atoms. The second kappa shape index (κ2) is 8.49. The molecule has 0 unspecified atom stereocenters. The van der Waals surface area contributed by atoms with Gasteiger partial charge in [0, 0.05) is 5.92 Å². The monoisotopic (exact) mass is 427 g/mol. The molecule has 3 N–H and O–H groups in total. The van der Waals surface area contributed by atoms with Crippen LogP contribution in [-0.2, 0) is 16.6 Å². The number of primary sulfonamides is 1. The lowest BCUT2D eigenvalue weighted by Crippen LogP contribution is -2.15. The molecule has 0 aliphatic heterocycles. The minimum Gasteiger partial charge on any atom is -0.392 e. The van der Waals surface area contributed by atoms with Crippen LogP contribution in [0.4, 0.5) is 0 Å². The second-order valence-corrected chi connectivity index (χ2v) is 9.96. The Morgan fingerprint density at radius 3 is 2.63 bits per heavy atom. The van der Waals surface area contributed by atoms with E-state index >= 15 is 0 Å². The zero-order valence-corrected chi connectivity index (χ0v) is 18.1. The second-order valence-electron chi connectivity index (χ2n) is 8.43. The van der Waals surface area contributed by atoms with Gasteiger partial charge in [0.1, 0.15) is 0 Å². The summed E-state index contributed by atoms with van der Waals surface area (Å²) in [4.78, 5) is -0.0552. The van der Waals surface area contributed by atoms with Gasteiger partial charge in [0.05, 0.1) is 28.6 Å². The third-order valence-corrected chi connectivity index (χ3v) is 7.09. The first kappa shape index (κ1) is 21.0. The van der Waals surface area contributed by atoms with E-state index in [0.29, 0.717) is 11.8 Å². The number of nitrogens with two attached hydrogens (primary N) is 1. The Bertz CT molecular complexity index is 1090. The van der Waals surface area contributed by atoms with Gasteiger partial charge in [-0.25, -0.2) is 18.2 Å². The number of rotatable bonds is 5. The standard InChI is InChI=1S/C23H29N3O3S/c1-16-6-5-9-18(12-16)22-14-21(17-7-3-2-4-8-17)25-26(22)20-10-11-23(30(24,28)29)19(13-20)15-27/h5,9-14,16-17,27H,2-4,6-8,15H2,1H3,(H2,24,28,29)/t16-/m1/s1. The van der Waals surface area contributed by atoms with Gasteiger partial charge in [-0.3, -0.25) is 0 Å². The molecule has 160 valence electrons. The number of benzene rings is 1. The molecule has 0 amide bonds. The maximum atomic E-state index is 11.8. The van der Waals surface area contributed by atoms with Gasteiger partial charge in [-0.1, -0.05) is 44.4 Å². The van der Waals surface area contributed by atoms with E-state index in [9.17, 15) is 13.5 Å². The highest BCUT2D eigenvalue weighted by Crippen LogP contribution is 2.35. The van der Waals surface area contributed by atoms with Crippen molar-refractivity contribution in [2.75, 3.05) is 0 Å². The number of hydrogen-bond donors (Lipinski definition) is 2. The Labute approximate surface area is 178 Å². The fourth-order valence-corrected chi connectivity index (χ4v) is 5.26. The summed E-state index contributed by atoms with van der Waals surface area (Å²) < 4.78 is 25.6. The number of hydrogen-bond acceptors (Lipinski definition) is 4. The molecule has 1 atom stereocenters. The molecule has 1 heterocycles. The molecule has 1 saturated carbocycles. The largest absolute Gasteiger partial charge is 0.392 e. The van der Waals surface area contributed by atoms with E-state index in [1.54, 1.807) is 12.1 Å². The number of sulfonamides is 1. The molecule has 6 nitrogen and oxygen atoms in total. The van der Waals surface area contributed by atoms with Crippen LogP contribution in [0.15, 0.2) is 47.4 Å². The smallest absolute Gasteiger partial charge is 0.238 e. The van der Waals surface area contributed by atoms with E-state index in [1.807, 2.05) is 4.68 Å². The lowest BCUT2D eigenvalue weighted by Gasteiger charge is -2.19. The van der Waals surface area contributed by atoms with E-state index in [-0.39, 0.29) is 10.5 Å². The molecule has 4 rings (SSSR count). The van der Waals surface area contributed by atoms with Crippen molar-refractivity contribution in [3.8, 4) is 5.69 Å². The minimum atomic E-state index is -3.91. The number of aliphatic hydroxyl groups excluding tert-OH is 1. The molecule has 0 saturated heterocycles. The van der Waals surface area contributed by atoms with Gasteiger partial charge in [0.15, 0.2) is 0 Å². The van der Waals surface area contributed by atoms with Gasteiger partial charge < -0.3 is 5.11 Å². The number of allylic oxidation sites excluding steroid dienone is 4. The molecule has 2 aliphatic carbocycles. The molecular formula is C23H29N3O3S. The van der Waals surface area contributed by atoms with Crippen molar-refractivity contribution < 1.29 is 13.5 Å². The molecule has 1 aromatic carbocycles. The average Bonchev–Trinajstić information content (AvgIpc) is 3.19. The van der Waals surface area contributed by atoms with Gasteiger partial charge in [-0.05, 0) is 60.6 Å². The zero-order chi connectivity index (χ0) is 21.3.